The van der Waals surface area contributed by atoms with Crippen LogP contribution in [0.1, 0.15) is 12.5 Å². The number of thioether (sulfide) groups is 1. The maximum Gasteiger partial charge on any atom is 0.330 e. The smallest absolute Gasteiger partial charge is 0.309 e. The van der Waals surface area contributed by atoms with Gasteiger partial charge in [0.15, 0.2) is 0 Å². The van der Waals surface area contributed by atoms with E-state index >= 15 is 0 Å². The van der Waals surface area contributed by atoms with Crippen LogP contribution in [-0.2, 0) is 20.6 Å². The van der Waals surface area contributed by atoms with Crippen molar-refractivity contribution in [3.05, 3.63) is 32.6 Å². The SMILES string of the molecule is CSCC(C)NCc1cn(C)c(=O)n(C)c1=O. The maximum atomic E-state index is 11.8. The molecule has 0 aromatic carbocycles. The molecule has 1 unspecified atom stereocenters. The van der Waals surface area contributed by atoms with Crippen molar-refractivity contribution in [3.63, 3.8) is 0 Å². The predicted octanol–water partition coefficient (Wildman–Crippen LogP) is -0.0749. The highest BCUT2D eigenvalue weighted by molar-refractivity contribution is 7.98. The van der Waals surface area contributed by atoms with Gasteiger partial charge in [0.1, 0.15) is 0 Å². The lowest BCUT2D eigenvalue weighted by Crippen LogP contribution is -2.40. The molecule has 0 aliphatic rings. The van der Waals surface area contributed by atoms with Crippen molar-refractivity contribution >= 4 is 11.8 Å². The summed E-state index contributed by atoms with van der Waals surface area (Å²) in [5, 5.41) is 3.27. The molecule has 5 nitrogen and oxygen atoms in total. The van der Waals surface area contributed by atoms with Gasteiger partial charge in [0.2, 0.25) is 0 Å². The summed E-state index contributed by atoms with van der Waals surface area (Å²) in [7, 11) is 3.15. The van der Waals surface area contributed by atoms with Crippen molar-refractivity contribution in [2.24, 2.45) is 14.1 Å². The minimum absolute atomic E-state index is 0.225. The van der Waals surface area contributed by atoms with Crippen LogP contribution in [0.2, 0.25) is 0 Å². The van der Waals surface area contributed by atoms with Gasteiger partial charge in [0, 0.05) is 44.2 Å². The Morgan fingerprint density at radius 1 is 1.41 bits per heavy atom. The molecule has 96 valence electrons. The number of aromatic nitrogens is 2. The minimum Gasteiger partial charge on any atom is -0.309 e. The van der Waals surface area contributed by atoms with E-state index in [1.807, 2.05) is 6.26 Å². The number of hydrogen-bond acceptors (Lipinski definition) is 4. The third kappa shape index (κ3) is 3.47. The fraction of sp³-hybridized carbons (Fsp3) is 0.636. The van der Waals surface area contributed by atoms with Crippen LogP contribution < -0.4 is 16.6 Å². The van der Waals surface area contributed by atoms with E-state index < -0.39 is 0 Å². The molecule has 6 heteroatoms. The van der Waals surface area contributed by atoms with Crippen LogP contribution in [0, 0.1) is 0 Å². The number of hydrogen-bond donors (Lipinski definition) is 1. The molecule has 1 atom stereocenters. The molecule has 0 radical (unpaired) electrons. The first-order valence-corrected chi connectivity index (χ1v) is 6.84. The molecule has 1 N–H and O–H groups in total. The average Bonchev–Trinajstić information content (AvgIpc) is 2.30. The molecule has 0 aliphatic heterocycles. The third-order valence-electron chi connectivity index (χ3n) is 2.58. The summed E-state index contributed by atoms with van der Waals surface area (Å²) in [4.78, 5) is 23.3. The lowest BCUT2D eigenvalue weighted by Gasteiger charge is -2.13. The van der Waals surface area contributed by atoms with Crippen molar-refractivity contribution in [1.29, 1.82) is 0 Å². The van der Waals surface area contributed by atoms with Crippen molar-refractivity contribution in [1.82, 2.24) is 14.5 Å². The van der Waals surface area contributed by atoms with E-state index in [1.54, 1.807) is 25.0 Å². The number of aryl methyl sites for hydroxylation is 1. The minimum atomic E-state index is -0.295. The van der Waals surface area contributed by atoms with Crippen LogP contribution >= 0.6 is 11.8 Å². The van der Waals surface area contributed by atoms with E-state index in [0.29, 0.717) is 18.2 Å². The molecule has 0 amide bonds. The lowest BCUT2D eigenvalue weighted by molar-refractivity contribution is 0.576. The summed E-state index contributed by atoms with van der Waals surface area (Å²) in [5.41, 5.74) is 0.0930. The van der Waals surface area contributed by atoms with Crippen LogP contribution in [0.5, 0.6) is 0 Å². The molecule has 0 saturated carbocycles. The molecular formula is C11H19N3O2S. The highest BCUT2D eigenvalue weighted by Gasteiger charge is 2.07. The van der Waals surface area contributed by atoms with Crippen molar-refractivity contribution in [3.8, 4) is 0 Å². The van der Waals surface area contributed by atoms with E-state index in [0.717, 1.165) is 10.3 Å². The Balaban J connectivity index is 2.86. The van der Waals surface area contributed by atoms with Crippen LogP contribution in [0.3, 0.4) is 0 Å². The monoisotopic (exact) mass is 257 g/mol. The lowest BCUT2D eigenvalue weighted by atomic mass is 10.3. The van der Waals surface area contributed by atoms with Gasteiger partial charge in [-0.25, -0.2) is 4.79 Å². The van der Waals surface area contributed by atoms with Gasteiger partial charge >= 0.3 is 5.69 Å². The van der Waals surface area contributed by atoms with Crippen LogP contribution in [0.15, 0.2) is 15.8 Å². The first-order chi connectivity index (χ1) is 7.97. The second-order valence-electron chi connectivity index (χ2n) is 4.15. The molecular weight excluding hydrogens is 238 g/mol. The zero-order chi connectivity index (χ0) is 13.0. The predicted molar refractivity (Wildman–Crippen MR) is 71.6 cm³/mol. The Bertz CT molecular complexity index is 492. The summed E-state index contributed by atoms with van der Waals surface area (Å²) >= 11 is 1.76. The highest BCUT2D eigenvalue weighted by atomic mass is 32.2. The summed E-state index contributed by atoms with van der Waals surface area (Å²) in [6.45, 7) is 2.56. The van der Waals surface area contributed by atoms with Crippen LogP contribution in [0.4, 0.5) is 0 Å². The van der Waals surface area contributed by atoms with Gasteiger partial charge in [-0.15, -0.1) is 0 Å². The summed E-state index contributed by atoms with van der Waals surface area (Å²) < 4.78 is 2.56. The normalized spacial score (nSPS) is 12.7. The van der Waals surface area contributed by atoms with E-state index in [1.165, 1.54) is 11.6 Å². The van der Waals surface area contributed by atoms with Gasteiger partial charge < -0.3 is 9.88 Å². The molecule has 0 saturated heterocycles. The van der Waals surface area contributed by atoms with E-state index in [2.05, 4.69) is 12.2 Å². The molecule has 0 aliphatic carbocycles. The van der Waals surface area contributed by atoms with Crippen molar-refractivity contribution in [2.45, 2.75) is 19.5 Å². The quantitative estimate of drug-likeness (QED) is 0.802. The van der Waals surface area contributed by atoms with Gasteiger partial charge in [-0.1, -0.05) is 0 Å². The van der Waals surface area contributed by atoms with Crippen molar-refractivity contribution in [2.75, 3.05) is 12.0 Å². The molecule has 1 heterocycles. The molecule has 0 fully saturated rings. The first-order valence-electron chi connectivity index (χ1n) is 5.45. The summed E-state index contributed by atoms with van der Waals surface area (Å²) in [5.74, 6) is 0.992. The molecule has 17 heavy (non-hydrogen) atoms. The van der Waals surface area contributed by atoms with E-state index in [-0.39, 0.29) is 11.2 Å². The summed E-state index contributed by atoms with van der Waals surface area (Å²) in [6.07, 6.45) is 3.65. The highest BCUT2D eigenvalue weighted by Crippen LogP contribution is 1.97. The first kappa shape index (κ1) is 14.1. The summed E-state index contributed by atoms with van der Waals surface area (Å²) in [6, 6.07) is 0.340. The largest absolute Gasteiger partial charge is 0.330 e. The van der Waals surface area contributed by atoms with Gasteiger partial charge in [-0.3, -0.25) is 9.36 Å². The average molecular weight is 257 g/mol. The van der Waals surface area contributed by atoms with E-state index in [9.17, 15) is 9.59 Å². The number of nitrogens with zero attached hydrogens (tertiary/aromatic N) is 2. The number of nitrogens with one attached hydrogen (secondary N) is 1. The fourth-order valence-corrected chi connectivity index (χ4v) is 2.22. The third-order valence-corrected chi connectivity index (χ3v) is 3.41. The van der Waals surface area contributed by atoms with Crippen LogP contribution in [-0.4, -0.2) is 27.2 Å². The molecule has 0 spiro atoms. The van der Waals surface area contributed by atoms with Gasteiger partial charge in [-0.2, -0.15) is 11.8 Å². The fourth-order valence-electron chi connectivity index (χ4n) is 1.60. The standard InChI is InChI=1S/C11H19N3O2S/c1-8(7-17-4)12-5-9-6-13(2)11(16)14(3)10(9)15/h6,8,12H,5,7H2,1-4H3. The van der Waals surface area contributed by atoms with Crippen LogP contribution in [0.25, 0.3) is 0 Å². The Morgan fingerprint density at radius 3 is 2.65 bits per heavy atom. The zero-order valence-electron chi connectivity index (χ0n) is 10.7. The Hall–Kier alpha value is -1.01. The molecule has 0 bridgehead atoms. The molecule has 1 rings (SSSR count). The van der Waals surface area contributed by atoms with Gasteiger partial charge in [-0.05, 0) is 13.2 Å². The topological polar surface area (TPSA) is 56.0 Å². The van der Waals surface area contributed by atoms with E-state index in [4.69, 9.17) is 0 Å². The van der Waals surface area contributed by atoms with Crippen molar-refractivity contribution < 1.29 is 0 Å². The Kier molecular flexibility index (Phi) is 5.02. The van der Waals surface area contributed by atoms with Gasteiger partial charge in [0.25, 0.3) is 5.56 Å². The second kappa shape index (κ2) is 6.07. The zero-order valence-corrected chi connectivity index (χ0v) is 11.5. The van der Waals surface area contributed by atoms with Gasteiger partial charge in [0.05, 0.1) is 0 Å². The Labute approximate surface area is 105 Å². The maximum absolute atomic E-state index is 11.8. The molecule has 1 aromatic heterocycles. The number of rotatable bonds is 5. The second-order valence-corrected chi connectivity index (χ2v) is 5.06. The Morgan fingerprint density at radius 2 is 2.06 bits per heavy atom. The molecule has 1 aromatic rings.